The molecule has 0 bridgehead atoms. The summed E-state index contributed by atoms with van der Waals surface area (Å²) in [5.41, 5.74) is 0.691. The highest BCUT2D eigenvalue weighted by atomic mass is 16.6. The van der Waals surface area contributed by atoms with E-state index >= 15 is 0 Å². The molecule has 1 fully saturated rings. The summed E-state index contributed by atoms with van der Waals surface area (Å²) in [6, 6.07) is 2.58. The van der Waals surface area contributed by atoms with Crippen molar-refractivity contribution < 1.29 is 9.85 Å². The van der Waals surface area contributed by atoms with Gasteiger partial charge >= 0.3 is 0 Å². The molecule has 0 radical (unpaired) electrons. The highest BCUT2D eigenvalue weighted by molar-refractivity contribution is 5.73. The number of hydrogen-bond acceptors (Lipinski definition) is 5. The summed E-state index contributed by atoms with van der Waals surface area (Å²) in [7, 11) is 0. The van der Waals surface area contributed by atoms with Crippen molar-refractivity contribution >= 4 is 17.1 Å². The molecule has 1 aliphatic carbocycles. The van der Waals surface area contributed by atoms with Gasteiger partial charge in [-0.05, 0) is 30.7 Å². The van der Waals surface area contributed by atoms with E-state index in [2.05, 4.69) is 5.32 Å². The van der Waals surface area contributed by atoms with Crippen molar-refractivity contribution in [2.75, 3.05) is 5.32 Å². The summed E-state index contributed by atoms with van der Waals surface area (Å²) >= 11 is 0. The van der Waals surface area contributed by atoms with E-state index < -0.39 is 9.85 Å². The number of nitro benzene ring substituents is 2. The number of rotatable bonds is 2. The molecule has 1 aromatic carbocycles. The molecule has 1 N–H and O–H groups in total. The largest absolute Gasteiger partial charge is 0.374 e. The molecule has 1 aromatic rings. The van der Waals surface area contributed by atoms with Gasteiger partial charge in [0.05, 0.1) is 15.9 Å². The van der Waals surface area contributed by atoms with Gasteiger partial charge in [-0.25, -0.2) is 0 Å². The smallest absolute Gasteiger partial charge is 0.299 e. The zero-order valence-electron chi connectivity index (χ0n) is 13.9. The van der Waals surface area contributed by atoms with E-state index in [4.69, 9.17) is 0 Å². The van der Waals surface area contributed by atoms with E-state index in [1.165, 1.54) is 25.3 Å². The number of nitrogens with zero attached hydrogens (tertiary/aromatic N) is 2. The lowest BCUT2D eigenvalue weighted by Crippen LogP contribution is -2.43. The highest BCUT2D eigenvalue weighted by Crippen LogP contribution is 2.48. The number of anilines is 1. The predicted molar refractivity (Wildman–Crippen MR) is 91.5 cm³/mol. The Bertz CT molecular complexity index is 666. The first-order valence-electron chi connectivity index (χ1n) is 8.67. The van der Waals surface area contributed by atoms with Crippen LogP contribution in [0.15, 0.2) is 12.1 Å². The SMILES string of the molecule is CC1CC2(CCCCCCC2)Nc2c1cc([N+](=O)[O-])cc2[N+](=O)[O-]. The van der Waals surface area contributed by atoms with Gasteiger partial charge in [0.15, 0.2) is 0 Å². The minimum Gasteiger partial charge on any atom is -0.374 e. The highest BCUT2D eigenvalue weighted by Gasteiger charge is 2.40. The molecule has 130 valence electrons. The summed E-state index contributed by atoms with van der Waals surface area (Å²) in [6.07, 6.45) is 8.79. The molecular weight excluding hydrogens is 310 g/mol. The molecule has 1 heterocycles. The van der Waals surface area contributed by atoms with Gasteiger partial charge in [0.25, 0.3) is 11.4 Å². The summed E-state index contributed by atoms with van der Waals surface area (Å²) in [6.45, 7) is 2.02. The van der Waals surface area contributed by atoms with Crippen molar-refractivity contribution in [2.24, 2.45) is 0 Å². The van der Waals surface area contributed by atoms with Crippen molar-refractivity contribution in [3.63, 3.8) is 0 Å². The third-order valence-electron chi connectivity index (χ3n) is 5.47. The van der Waals surface area contributed by atoms with E-state index in [1.54, 1.807) is 0 Å². The summed E-state index contributed by atoms with van der Waals surface area (Å²) in [4.78, 5) is 21.5. The molecule has 24 heavy (non-hydrogen) atoms. The van der Waals surface area contributed by atoms with Crippen LogP contribution in [0.5, 0.6) is 0 Å². The fourth-order valence-corrected chi connectivity index (χ4v) is 4.33. The second kappa shape index (κ2) is 6.37. The van der Waals surface area contributed by atoms with Crippen molar-refractivity contribution in [1.29, 1.82) is 0 Å². The lowest BCUT2D eigenvalue weighted by Gasteiger charge is -2.43. The van der Waals surface area contributed by atoms with Crippen molar-refractivity contribution in [3.05, 3.63) is 37.9 Å². The van der Waals surface area contributed by atoms with E-state index in [1.807, 2.05) is 6.92 Å². The topological polar surface area (TPSA) is 98.3 Å². The zero-order chi connectivity index (χ0) is 17.3. The van der Waals surface area contributed by atoms with Crippen molar-refractivity contribution in [1.82, 2.24) is 0 Å². The molecule has 1 spiro atoms. The third-order valence-corrected chi connectivity index (χ3v) is 5.47. The second-order valence-electron chi connectivity index (χ2n) is 7.22. The van der Waals surface area contributed by atoms with Crippen LogP contribution in [0.4, 0.5) is 17.1 Å². The van der Waals surface area contributed by atoms with Crippen LogP contribution in [-0.4, -0.2) is 15.4 Å². The molecular formula is C17H23N3O4. The maximum atomic E-state index is 11.5. The number of nitro groups is 2. The molecule has 0 saturated heterocycles. The minimum atomic E-state index is -0.555. The van der Waals surface area contributed by atoms with Crippen LogP contribution in [0.1, 0.15) is 69.8 Å². The third kappa shape index (κ3) is 3.07. The van der Waals surface area contributed by atoms with Crippen LogP contribution in [0.2, 0.25) is 0 Å². The summed E-state index contributed by atoms with van der Waals surface area (Å²) < 4.78 is 0. The Labute approximate surface area is 140 Å². The van der Waals surface area contributed by atoms with E-state index in [0.717, 1.165) is 38.2 Å². The second-order valence-corrected chi connectivity index (χ2v) is 7.22. The maximum Gasteiger partial charge on any atom is 0.299 e. The van der Waals surface area contributed by atoms with Crippen LogP contribution in [0.3, 0.4) is 0 Å². The monoisotopic (exact) mass is 333 g/mol. The average molecular weight is 333 g/mol. The molecule has 1 aliphatic heterocycles. The number of fused-ring (bicyclic) bond motifs is 1. The zero-order valence-corrected chi connectivity index (χ0v) is 13.9. The fourth-order valence-electron chi connectivity index (χ4n) is 4.33. The van der Waals surface area contributed by atoms with Gasteiger partial charge in [-0.3, -0.25) is 20.2 Å². The average Bonchev–Trinajstić information content (AvgIpc) is 2.50. The van der Waals surface area contributed by atoms with Gasteiger partial charge < -0.3 is 5.32 Å². The van der Waals surface area contributed by atoms with Gasteiger partial charge in [0, 0.05) is 11.6 Å². The van der Waals surface area contributed by atoms with Crippen LogP contribution >= 0.6 is 0 Å². The summed E-state index contributed by atoms with van der Waals surface area (Å²) in [5.74, 6) is 0.0688. The van der Waals surface area contributed by atoms with Gasteiger partial charge in [0.2, 0.25) is 0 Å². The van der Waals surface area contributed by atoms with Crippen LogP contribution in [-0.2, 0) is 0 Å². The fraction of sp³-hybridized carbons (Fsp3) is 0.647. The molecule has 7 nitrogen and oxygen atoms in total. The molecule has 3 rings (SSSR count). The molecule has 1 saturated carbocycles. The minimum absolute atomic E-state index is 0.0688. The molecule has 2 aliphatic rings. The Hall–Kier alpha value is -2.18. The van der Waals surface area contributed by atoms with Crippen LogP contribution < -0.4 is 5.32 Å². The van der Waals surface area contributed by atoms with Crippen molar-refractivity contribution in [2.45, 2.75) is 69.7 Å². The van der Waals surface area contributed by atoms with Crippen molar-refractivity contribution in [3.8, 4) is 0 Å². The van der Waals surface area contributed by atoms with E-state index in [9.17, 15) is 20.2 Å². The van der Waals surface area contributed by atoms with E-state index in [0.29, 0.717) is 11.3 Å². The molecule has 7 heteroatoms. The van der Waals surface area contributed by atoms with Gasteiger partial charge in [-0.2, -0.15) is 0 Å². The maximum absolute atomic E-state index is 11.5. The van der Waals surface area contributed by atoms with Gasteiger partial charge in [-0.15, -0.1) is 0 Å². The molecule has 1 unspecified atom stereocenters. The first-order chi connectivity index (χ1) is 11.4. The van der Waals surface area contributed by atoms with Gasteiger partial charge in [-0.1, -0.05) is 39.0 Å². The molecule has 1 atom stereocenters. The number of benzene rings is 1. The lowest BCUT2D eigenvalue weighted by molar-refractivity contribution is -0.393. The lowest BCUT2D eigenvalue weighted by atomic mass is 9.73. The first kappa shape index (κ1) is 16.7. The number of nitrogens with one attached hydrogen (secondary N) is 1. The predicted octanol–water partition coefficient (Wildman–Crippen LogP) is 4.91. The number of non-ortho nitro benzene ring substituents is 1. The molecule has 0 aromatic heterocycles. The number of hydrogen-bond donors (Lipinski definition) is 1. The van der Waals surface area contributed by atoms with Gasteiger partial charge in [0.1, 0.15) is 5.69 Å². The standard InChI is InChI=1S/C17H23N3O4/c1-12-11-17(7-5-3-2-4-6-8-17)18-16-14(12)9-13(19(21)22)10-15(16)20(23)24/h9-10,12,18H,2-8,11H2,1H3. The Balaban J connectivity index is 2.05. The van der Waals surface area contributed by atoms with Crippen LogP contribution in [0.25, 0.3) is 0 Å². The van der Waals surface area contributed by atoms with Crippen LogP contribution in [0, 0.1) is 20.2 Å². The summed E-state index contributed by atoms with van der Waals surface area (Å²) in [5, 5.41) is 26.1. The Morgan fingerprint density at radius 2 is 1.67 bits per heavy atom. The Morgan fingerprint density at radius 1 is 1.04 bits per heavy atom. The van der Waals surface area contributed by atoms with E-state index in [-0.39, 0.29) is 22.8 Å². The first-order valence-corrected chi connectivity index (χ1v) is 8.67. The molecule has 0 amide bonds. The quantitative estimate of drug-likeness (QED) is 0.612. The Kier molecular flexibility index (Phi) is 4.43. The normalized spacial score (nSPS) is 22.8. The Morgan fingerprint density at radius 3 is 2.25 bits per heavy atom.